The number of nitrogens with one attached hydrogen (secondary N) is 1. The third-order valence-corrected chi connectivity index (χ3v) is 2.82. The number of hydrogen-bond donors (Lipinski definition) is 2. The number of carbonyl (C=O) groups is 1. The van der Waals surface area contributed by atoms with Gasteiger partial charge in [0.25, 0.3) is 0 Å². The van der Waals surface area contributed by atoms with E-state index in [0.29, 0.717) is 18.4 Å². The molecule has 0 saturated heterocycles. The van der Waals surface area contributed by atoms with Gasteiger partial charge >= 0.3 is 12.3 Å². The van der Waals surface area contributed by atoms with Crippen LogP contribution in [-0.4, -0.2) is 17.8 Å². The van der Waals surface area contributed by atoms with Gasteiger partial charge in [0.1, 0.15) is 11.6 Å². The van der Waals surface area contributed by atoms with Crippen LogP contribution < -0.4 is 10.1 Å². The number of nitrogens with zero attached hydrogens (tertiary/aromatic N) is 1. The zero-order valence-electron chi connectivity index (χ0n) is 13.5. The zero-order valence-corrected chi connectivity index (χ0v) is 13.5. The maximum absolute atomic E-state index is 12.4. The maximum Gasteiger partial charge on any atom is 0.417 e. The summed E-state index contributed by atoms with van der Waals surface area (Å²) in [6, 6.07) is 9.94. The van der Waals surface area contributed by atoms with Crippen LogP contribution in [0, 0.1) is 17.1 Å². The average molecular weight is 370 g/mol. The van der Waals surface area contributed by atoms with Crippen molar-refractivity contribution in [2.45, 2.75) is 13.1 Å². The van der Waals surface area contributed by atoms with Crippen LogP contribution in [0.3, 0.4) is 0 Å². The van der Waals surface area contributed by atoms with Gasteiger partial charge in [0.2, 0.25) is 0 Å². The van der Waals surface area contributed by atoms with Crippen molar-refractivity contribution in [3.05, 3.63) is 59.4 Å². The van der Waals surface area contributed by atoms with Crippen molar-refractivity contribution in [1.29, 1.82) is 5.26 Å². The summed E-state index contributed by atoms with van der Waals surface area (Å²) < 4.78 is 54.6. The molecule has 138 valence electrons. The molecular weight excluding hydrogens is 356 g/mol. The van der Waals surface area contributed by atoms with Crippen molar-refractivity contribution in [3.63, 3.8) is 0 Å². The highest BCUT2D eigenvalue weighted by Gasteiger charge is 2.33. The first kappa shape index (κ1) is 20.8. The standard InChI is InChI=1S/C9H5F3N2O2.C8H9FO/c10-9(11,12)7-3-6(14-8(15)16)2-1-5(7)4-13;1-2-10-8-5-3-7(9)4-6-8/h1-3,14H,(H,15,16);3-6H,2H2,1H3. The molecule has 0 atom stereocenters. The minimum Gasteiger partial charge on any atom is -0.494 e. The number of rotatable bonds is 3. The second kappa shape index (κ2) is 9.27. The van der Waals surface area contributed by atoms with Gasteiger partial charge in [-0.05, 0) is 49.4 Å². The fourth-order valence-electron chi connectivity index (χ4n) is 1.77. The van der Waals surface area contributed by atoms with Gasteiger partial charge in [-0.3, -0.25) is 5.32 Å². The van der Waals surface area contributed by atoms with Crippen molar-refractivity contribution < 1.29 is 32.2 Å². The molecule has 0 radical (unpaired) electrons. The minimum absolute atomic E-state index is 0.233. The van der Waals surface area contributed by atoms with Gasteiger partial charge in [0.15, 0.2) is 0 Å². The smallest absolute Gasteiger partial charge is 0.417 e. The normalized spacial score (nSPS) is 10.2. The molecule has 26 heavy (non-hydrogen) atoms. The fourth-order valence-corrected chi connectivity index (χ4v) is 1.77. The van der Waals surface area contributed by atoms with Crippen LogP contribution in [0.2, 0.25) is 0 Å². The molecule has 0 unspecified atom stereocenters. The van der Waals surface area contributed by atoms with E-state index < -0.39 is 23.4 Å². The Morgan fingerprint density at radius 3 is 2.31 bits per heavy atom. The van der Waals surface area contributed by atoms with Crippen LogP contribution >= 0.6 is 0 Å². The quantitative estimate of drug-likeness (QED) is 0.754. The molecule has 2 rings (SSSR count). The van der Waals surface area contributed by atoms with Crippen molar-refractivity contribution in [1.82, 2.24) is 0 Å². The van der Waals surface area contributed by atoms with Gasteiger partial charge in [-0.25, -0.2) is 9.18 Å². The molecule has 9 heteroatoms. The highest BCUT2D eigenvalue weighted by molar-refractivity contribution is 5.83. The monoisotopic (exact) mass is 370 g/mol. The molecule has 5 nitrogen and oxygen atoms in total. The largest absolute Gasteiger partial charge is 0.494 e. The Labute approximate surface area is 146 Å². The van der Waals surface area contributed by atoms with Crippen molar-refractivity contribution >= 4 is 11.8 Å². The molecule has 0 aliphatic rings. The van der Waals surface area contributed by atoms with Gasteiger partial charge in [0.05, 0.1) is 23.8 Å². The summed E-state index contributed by atoms with van der Waals surface area (Å²) in [5, 5.41) is 18.6. The summed E-state index contributed by atoms with van der Waals surface area (Å²) >= 11 is 0. The molecule has 0 aromatic heterocycles. The lowest BCUT2D eigenvalue weighted by Gasteiger charge is -2.10. The molecule has 0 fully saturated rings. The summed E-state index contributed by atoms with van der Waals surface area (Å²) in [7, 11) is 0. The van der Waals surface area contributed by atoms with Gasteiger partial charge < -0.3 is 9.84 Å². The first-order valence-corrected chi connectivity index (χ1v) is 7.17. The lowest BCUT2D eigenvalue weighted by molar-refractivity contribution is -0.137. The van der Waals surface area contributed by atoms with Gasteiger partial charge in [-0.1, -0.05) is 0 Å². The molecule has 0 saturated carbocycles. The lowest BCUT2D eigenvalue weighted by Crippen LogP contribution is -2.11. The maximum atomic E-state index is 12.4. The molecule has 0 heterocycles. The van der Waals surface area contributed by atoms with E-state index in [-0.39, 0.29) is 11.5 Å². The van der Waals surface area contributed by atoms with Gasteiger partial charge in [-0.15, -0.1) is 0 Å². The van der Waals surface area contributed by atoms with E-state index in [1.807, 2.05) is 6.92 Å². The number of benzene rings is 2. The van der Waals surface area contributed by atoms with E-state index in [9.17, 15) is 22.4 Å². The number of ether oxygens (including phenoxy) is 1. The second-order valence-corrected chi connectivity index (χ2v) is 4.69. The molecule has 0 aliphatic heterocycles. The van der Waals surface area contributed by atoms with E-state index in [0.717, 1.165) is 12.1 Å². The number of anilines is 1. The zero-order chi connectivity index (χ0) is 19.7. The Morgan fingerprint density at radius 2 is 1.85 bits per heavy atom. The van der Waals surface area contributed by atoms with Crippen molar-refractivity contribution in [2.24, 2.45) is 0 Å². The van der Waals surface area contributed by atoms with E-state index in [4.69, 9.17) is 15.1 Å². The van der Waals surface area contributed by atoms with E-state index in [1.165, 1.54) is 18.2 Å². The number of halogens is 4. The topological polar surface area (TPSA) is 82.3 Å². The molecule has 1 amide bonds. The lowest BCUT2D eigenvalue weighted by atomic mass is 10.1. The van der Waals surface area contributed by atoms with Crippen LogP contribution in [0.4, 0.5) is 28.0 Å². The van der Waals surface area contributed by atoms with Gasteiger partial charge in [-0.2, -0.15) is 18.4 Å². The highest BCUT2D eigenvalue weighted by atomic mass is 19.4. The van der Waals surface area contributed by atoms with E-state index >= 15 is 0 Å². The van der Waals surface area contributed by atoms with E-state index in [2.05, 4.69) is 0 Å². The average Bonchev–Trinajstić information content (AvgIpc) is 2.56. The van der Waals surface area contributed by atoms with Crippen LogP contribution in [-0.2, 0) is 6.18 Å². The molecule has 0 aliphatic carbocycles. The van der Waals surface area contributed by atoms with Gasteiger partial charge in [0, 0.05) is 5.69 Å². The highest BCUT2D eigenvalue weighted by Crippen LogP contribution is 2.33. The molecule has 0 spiro atoms. The molecule has 2 N–H and O–H groups in total. The number of alkyl halides is 3. The third kappa shape index (κ3) is 6.68. The van der Waals surface area contributed by atoms with Crippen LogP contribution in [0.25, 0.3) is 0 Å². The minimum atomic E-state index is -4.69. The molecular formula is C17H14F4N2O3. The van der Waals surface area contributed by atoms with Crippen molar-refractivity contribution in [2.75, 3.05) is 11.9 Å². The number of carboxylic acid groups (broad SMARTS) is 1. The summed E-state index contributed by atoms with van der Waals surface area (Å²) in [4.78, 5) is 10.2. The predicted octanol–water partition coefficient (Wildman–Crippen LogP) is 4.89. The summed E-state index contributed by atoms with van der Waals surface area (Å²) in [6.07, 6.45) is -6.17. The Morgan fingerprint density at radius 1 is 1.23 bits per heavy atom. The van der Waals surface area contributed by atoms with E-state index in [1.54, 1.807) is 17.4 Å². The summed E-state index contributed by atoms with van der Waals surface area (Å²) in [6.45, 7) is 2.51. The number of hydrogen-bond acceptors (Lipinski definition) is 3. The third-order valence-electron chi connectivity index (χ3n) is 2.82. The first-order valence-electron chi connectivity index (χ1n) is 7.17. The fraction of sp³-hybridized carbons (Fsp3) is 0.176. The van der Waals surface area contributed by atoms with Crippen LogP contribution in [0.1, 0.15) is 18.1 Å². The first-order chi connectivity index (χ1) is 12.2. The Balaban J connectivity index is 0.000000289. The number of nitriles is 1. The molecule has 2 aromatic rings. The second-order valence-electron chi connectivity index (χ2n) is 4.69. The van der Waals surface area contributed by atoms with Crippen molar-refractivity contribution in [3.8, 4) is 11.8 Å². The molecule has 2 aromatic carbocycles. The molecule has 0 bridgehead atoms. The Kier molecular flexibility index (Phi) is 7.40. The van der Waals surface area contributed by atoms with Crippen LogP contribution in [0.5, 0.6) is 5.75 Å². The Hall–Kier alpha value is -3.28. The number of amides is 1. The SMILES string of the molecule is CCOc1ccc(F)cc1.N#Cc1ccc(NC(=O)O)cc1C(F)(F)F. The Bertz CT molecular complexity index is 784. The summed E-state index contributed by atoms with van der Waals surface area (Å²) in [5.41, 5.74) is -1.96. The predicted molar refractivity (Wildman–Crippen MR) is 85.4 cm³/mol. The van der Waals surface area contributed by atoms with Crippen LogP contribution in [0.15, 0.2) is 42.5 Å². The summed E-state index contributed by atoms with van der Waals surface area (Å²) in [5.74, 6) is 0.479.